The maximum Gasteiger partial charge on any atom is 0.436 e. The zero-order chi connectivity index (χ0) is 29.1. The van der Waals surface area contributed by atoms with Crippen molar-refractivity contribution in [2.45, 2.75) is 67.2 Å². The number of ether oxygens (including phenoxy) is 2. The standard InChI is InChI=1S/C28H32N2O6S3/c1-16(2)35-25(31)21-13-9-12-20(17(21)3)18-10-8-11-19(14-18)39(33,34)23-15-22(38-26(23)37-7)24(29)30-27(32)36-28(4,5)6/h8-16H,1-7H3,(H2,29,30,32). The van der Waals surface area contributed by atoms with Crippen molar-refractivity contribution < 1.29 is 27.5 Å². The number of amidine groups is 1. The molecule has 2 N–H and O–H groups in total. The number of benzene rings is 2. The number of nitrogens with two attached hydrogens (primary N) is 1. The average Bonchev–Trinajstić information content (AvgIpc) is 3.28. The number of nitrogens with zero attached hydrogens (tertiary/aromatic N) is 1. The summed E-state index contributed by atoms with van der Waals surface area (Å²) in [4.78, 5) is 28.9. The van der Waals surface area contributed by atoms with Crippen LogP contribution in [-0.2, 0) is 19.3 Å². The summed E-state index contributed by atoms with van der Waals surface area (Å²) in [6.45, 7) is 10.5. The fraction of sp³-hybridized carbons (Fsp3) is 0.321. The molecule has 0 aliphatic heterocycles. The molecular formula is C28H32N2O6S3. The van der Waals surface area contributed by atoms with Gasteiger partial charge in [0.25, 0.3) is 0 Å². The Labute approximate surface area is 237 Å². The smallest absolute Gasteiger partial charge is 0.436 e. The fourth-order valence-corrected chi connectivity index (χ4v) is 7.60. The van der Waals surface area contributed by atoms with E-state index in [1.807, 2.05) is 6.07 Å². The number of sulfone groups is 1. The third-order valence-electron chi connectivity index (χ3n) is 5.35. The molecule has 11 heteroatoms. The van der Waals surface area contributed by atoms with Gasteiger partial charge in [-0.3, -0.25) is 0 Å². The van der Waals surface area contributed by atoms with Gasteiger partial charge in [0.2, 0.25) is 9.84 Å². The molecule has 39 heavy (non-hydrogen) atoms. The van der Waals surface area contributed by atoms with E-state index in [9.17, 15) is 18.0 Å². The van der Waals surface area contributed by atoms with Crippen LogP contribution in [0.5, 0.6) is 0 Å². The maximum atomic E-state index is 13.8. The van der Waals surface area contributed by atoms with Gasteiger partial charge in [-0.1, -0.05) is 24.3 Å². The molecule has 0 radical (unpaired) electrons. The van der Waals surface area contributed by atoms with Crippen LogP contribution < -0.4 is 5.73 Å². The van der Waals surface area contributed by atoms with E-state index < -0.39 is 27.5 Å². The van der Waals surface area contributed by atoms with Gasteiger partial charge in [-0.25, -0.2) is 18.0 Å². The van der Waals surface area contributed by atoms with E-state index in [-0.39, 0.29) is 21.7 Å². The minimum atomic E-state index is -3.97. The van der Waals surface area contributed by atoms with Crippen molar-refractivity contribution in [1.82, 2.24) is 0 Å². The van der Waals surface area contributed by atoms with Crippen molar-refractivity contribution >= 4 is 50.8 Å². The number of carbonyl (C=O) groups excluding carboxylic acids is 2. The number of esters is 1. The van der Waals surface area contributed by atoms with Gasteiger partial charge in [0.15, 0.2) is 0 Å². The largest absolute Gasteiger partial charge is 0.459 e. The third-order valence-corrected chi connectivity index (χ3v) is 9.68. The first-order valence-corrected chi connectivity index (χ1v) is 15.6. The summed E-state index contributed by atoms with van der Waals surface area (Å²) in [6.07, 6.45) is 0.640. The molecule has 1 heterocycles. The Morgan fingerprint density at radius 3 is 2.36 bits per heavy atom. The molecule has 1 amide bonds. The Morgan fingerprint density at radius 1 is 1.08 bits per heavy atom. The van der Waals surface area contributed by atoms with Crippen LogP contribution in [0.1, 0.15) is 55.4 Å². The summed E-state index contributed by atoms with van der Waals surface area (Å²) in [5, 5.41) is 0. The number of thiophene rings is 1. The number of aliphatic imine (C=N–C) groups is 1. The zero-order valence-corrected chi connectivity index (χ0v) is 25.3. The van der Waals surface area contributed by atoms with Gasteiger partial charge in [0.1, 0.15) is 11.4 Å². The van der Waals surface area contributed by atoms with Gasteiger partial charge in [0, 0.05) is 0 Å². The lowest BCUT2D eigenvalue weighted by Gasteiger charge is -2.17. The van der Waals surface area contributed by atoms with Crippen molar-refractivity contribution in [2.75, 3.05) is 6.26 Å². The van der Waals surface area contributed by atoms with Crippen LogP contribution in [0.25, 0.3) is 11.1 Å². The monoisotopic (exact) mass is 588 g/mol. The van der Waals surface area contributed by atoms with Crippen molar-refractivity contribution in [1.29, 1.82) is 0 Å². The number of hydrogen-bond donors (Lipinski definition) is 1. The summed E-state index contributed by atoms with van der Waals surface area (Å²) in [5.41, 5.74) is 7.75. The lowest BCUT2D eigenvalue weighted by molar-refractivity contribution is 0.0376. The second kappa shape index (κ2) is 11.9. The van der Waals surface area contributed by atoms with E-state index in [1.165, 1.54) is 23.9 Å². The van der Waals surface area contributed by atoms with E-state index in [0.717, 1.165) is 16.9 Å². The summed E-state index contributed by atoms with van der Waals surface area (Å²) in [6, 6.07) is 13.2. The first-order chi connectivity index (χ1) is 18.1. The van der Waals surface area contributed by atoms with Crippen molar-refractivity contribution in [3.8, 4) is 11.1 Å². The lowest BCUT2D eigenvalue weighted by atomic mass is 9.96. The van der Waals surface area contributed by atoms with Crippen molar-refractivity contribution in [3.05, 3.63) is 64.5 Å². The van der Waals surface area contributed by atoms with Gasteiger partial charge in [-0.15, -0.1) is 23.1 Å². The molecule has 0 aliphatic rings. The fourth-order valence-electron chi connectivity index (χ4n) is 3.66. The average molecular weight is 589 g/mol. The minimum absolute atomic E-state index is 0.0699. The first kappa shape index (κ1) is 30.4. The Morgan fingerprint density at radius 2 is 1.74 bits per heavy atom. The summed E-state index contributed by atoms with van der Waals surface area (Å²) < 4.78 is 38.6. The molecule has 0 atom stereocenters. The number of hydrogen-bond acceptors (Lipinski definition) is 8. The van der Waals surface area contributed by atoms with E-state index in [1.54, 1.807) is 78.1 Å². The normalized spacial score (nSPS) is 12.5. The second-order valence-corrected chi connectivity index (χ2v) is 14.0. The van der Waals surface area contributed by atoms with Crippen LogP contribution in [-0.4, -0.2) is 44.3 Å². The van der Waals surface area contributed by atoms with Crippen LogP contribution in [0.15, 0.2) is 67.5 Å². The molecular weight excluding hydrogens is 557 g/mol. The number of thioether (sulfide) groups is 1. The topological polar surface area (TPSA) is 125 Å². The van der Waals surface area contributed by atoms with Crippen LogP contribution in [0.2, 0.25) is 0 Å². The summed E-state index contributed by atoms with van der Waals surface area (Å²) >= 11 is 2.39. The highest BCUT2D eigenvalue weighted by atomic mass is 32.2. The number of rotatable bonds is 7. The molecule has 0 aliphatic carbocycles. The van der Waals surface area contributed by atoms with Gasteiger partial charge >= 0.3 is 12.1 Å². The minimum Gasteiger partial charge on any atom is -0.459 e. The predicted octanol–water partition coefficient (Wildman–Crippen LogP) is 6.48. The van der Waals surface area contributed by atoms with E-state index in [2.05, 4.69) is 4.99 Å². The second-order valence-electron chi connectivity index (χ2n) is 9.91. The molecule has 3 rings (SSSR count). The molecule has 2 aromatic carbocycles. The van der Waals surface area contributed by atoms with E-state index in [4.69, 9.17) is 15.2 Å². The van der Waals surface area contributed by atoms with Crippen molar-refractivity contribution in [3.63, 3.8) is 0 Å². The van der Waals surface area contributed by atoms with Crippen LogP contribution >= 0.6 is 23.1 Å². The Hall–Kier alpha value is -3.15. The van der Waals surface area contributed by atoms with E-state index >= 15 is 0 Å². The first-order valence-electron chi connectivity index (χ1n) is 12.1. The van der Waals surface area contributed by atoms with Crippen LogP contribution in [0.4, 0.5) is 4.79 Å². The van der Waals surface area contributed by atoms with Gasteiger partial charge in [-0.2, -0.15) is 4.99 Å². The molecule has 0 unspecified atom stereocenters. The third kappa shape index (κ3) is 7.28. The van der Waals surface area contributed by atoms with Gasteiger partial charge in [0.05, 0.1) is 30.5 Å². The maximum absolute atomic E-state index is 13.8. The molecule has 0 spiro atoms. The predicted molar refractivity (Wildman–Crippen MR) is 156 cm³/mol. The highest BCUT2D eigenvalue weighted by Crippen LogP contribution is 2.38. The highest BCUT2D eigenvalue weighted by Gasteiger charge is 2.26. The SMILES string of the molecule is CSc1sc(C(N)=NC(=O)OC(C)(C)C)cc1S(=O)(=O)c1cccc(-c2cccc(C(=O)OC(C)C)c2C)c1. The van der Waals surface area contributed by atoms with Crippen LogP contribution in [0, 0.1) is 6.92 Å². The molecule has 3 aromatic rings. The van der Waals surface area contributed by atoms with E-state index in [0.29, 0.717) is 25.8 Å². The Kier molecular flexibility index (Phi) is 9.30. The molecule has 0 saturated heterocycles. The summed E-state index contributed by atoms with van der Waals surface area (Å²) in [5.74, 6) is -0.561. The Balaban J connectivity index is 2.02. The number of carbonyl (C=O) groups is 2. The van der Waals surface area contributed by atoms with Crippen LogP contribution in [0.3, 0.4) is 0 Å². The van der Waals surface area contributed by atoms with Gasteiger partial charge < -0.3 is 15.2 Å². The summed E-state index contributed by atoms with van der Waals surface area (Å²) in [7, 11) is -3.97. The quantitative estimate of drug-likeness (QED) is 0.144. The molecule has 0 saturated carbocycles. The van der Waals surface area contributed by atoms with Crippen molar-refractivity contribution in [2.24, 2.45) is 10.7 Å². The Bertz CT molecular complexity index is 1530. The lowest BCUT2D eigenvalue weighted by Crippen LogP contribution is -2.24. The molecule has 0 fully saturated rings. The molecule has 8 nitrogen and oxygen atoms in total. The highest BCUT2D eigenvalue weighted by molar-refractivity contribution is 8.01. The molecule has 1 aromatic heterocycles. The molecule has 208 valence electrons. The zero-order valence-electron chi connectivity index (χ0n) is 22.9. The number of amides is 1. The van der Waals surface area contributed by atoms with Gasteiger partial charge in [-0.05, 0) is 88.8 Å². The molecule has 0 bridgehead atoms.